The number of nitrogens with zero attached hydrogens (tertiary/aromatic N) is 4. The molecule has 0 saturated carbocycles. The van der Waals surface area contributed by atoms with Gasteiger partial charge in [0.1, 0.15) is 0 Å². The van der Waals surface area contributed by atoms with Crippen molar-refractivity contribution in [2.24, 2.45) is 12.8 Å². The van der Waals surface area contributed by atoms with Crippen molar-refractivity contribution < 1.29 is 4.79 Å². The predicted molar refractivity (Wildman–Crippen MR) is 44.8 cm³/mol. The minimum atomic E-state index is -0.636. The molecule has 1 amide bonds. The quantitative estimate of drug-likeness (QED) is 0.633. The number of nitrogens with two attached hydrogens (primary N) is 1. The minimum Gasteiger partial charge on any atom is -0.363 e. The third-order valence-electron chi connectivity index (χ3n) is 1.69. The van der Waals surface area contributed by atoms with Gasteiger partial charge >= 0.3 is 0 Å². The summed E-state index contributed by atoms with van der Waals surface area (Å²) in [5, 5.41) is 4.74. The molecular weight excluding hydrogens is 170 g/mol. The number of carbonyl (C=O) groups excluding carboxylic acids is 1. The van der Waals surface area contributed by atoms with E-state index in [4.69, 9.17) is 5.73 Å². The van der Waals surface area contributed by atoms with Crippen LogP contribution in [0.1, 0.15) is 10.6 Å². The highest BCUT2D eigenvalue weighted by Gasteiger charge is 2.07. The maximum absolute atomic E-state index is 10.7. The molecule has 6 nitrogen and oxygen atoms in total. The van der Waals surface area contributed by atoms with Crippen LogP contribution >= 0.6 is 0 Å². The molecule has 0 aliphatic rings. The lowest BCUT2D eigenvalue weighted by Crippen LogP contribution is -2.15. The van der Waals surface area contributed by atoms with Crippen LogP contribution in [0.4, 0.5) is 0 Å². The van der Waals surface area contributed by atoms with Gasteiger partial charge in [0.15, 0.2) is 5.65 Å². The number of aromatic nitrogens is 4. The molecule has 0 aromatic carbocycles. The fourth-order valence-corrected chi connectivity index (χ4v) is 1.05. The summed E-state index contributed by atoms with van der Waals surface area (Å²) in [5.74, 6) is -0.626. The van der Waals surface area contributed by atoms with Crippen LogP contribution < -0.4 is 5.73 Å². The predicted octanol–water partition coefficient (Wildman–Crippen LogP) is -0.538. The Morgan fingerprint density at radius 1 is 1.54 bits per heavy atom. The van der Waals surface area contributed by atoms with Crippen LogP contribution in [0, 0.1) is 0 Å². The Kier molecular flexibility index (Phi) is 1.48. The zero-order valence-corrected chi connectivity index (χ0v) is 6.93. The van der Waals surface area contributed by atoms with Gasteiger partial charge in [0.25, 0.3) is 5.91 Å². The van der Waals surface area contributed by atoms with Crippen molar-refractivity contribution in [1.29, 1.82) is 0 Å². The molecule has 2 N–H and O–H groups in total. The Labute approximate surface area is 73.4 Å². The molecule has 6 heteroatoms. The second-order valence-electron chi connectivity index (χ2n) is 2.60. The van der Waals surface area contributed by atoms with Crippen molar-refractivity contribution in [3.63, 3.8) is 0 Å². The number of hydrogen-bond acceptors (Lipinski definition) is 4. The Morgan fingerprint density at radius 3 is 3.00 bits per heavy atom. The first-order valence-electron chi connectivity index (χ1n) is 3.63. The number of fused-ring (bicyclic) bond motifs is 1. The summed E-state index contributed by atoms with van der Waals surface area (Å²) in [6.07, 6.45) is 3.15. The summed E-state index contributed by atoms with van der Waals surface area (Å²) >= 11 is 0. The first-order chi connectivity index (χ1) is 6.18. The fraction of sp³-hybridized carbons (Fsp3) is 0.143. The van der Waals surface area contributed by atoms with Crippen molar-refractivity contribution in [2.75, 3.05) is 0 Å². The van der Waals surface area contributed by atoms with Gasteiger partial charge in [-0.1, -0.05) is 0 Å². The highest BCUT2D eigenvalue weighted by molar-refractivity contribution is 5.90. The van der Waals surface area contributed by atoms with Crippen LogP contribution in [0.25, 0.3) is 11.0 Å². The summed E-state index contributed by atoms with van der Waals surface area (Å²) in [7, 11) is 1.74. The molecule has 2 aromatic rings. The maximum atomic E-state index is 10.7. The van der Waals surface area contributed by atoms with Gasteiger partial charge in [-0.15, -0.1) is 0 Å². The van der Waals surface area contributed by atoms with Crippen molar-refractivity contribution >= 4 is 16.9 Å². The zero-order chi connectivity index (χ0) is 9.42. The van der Waals surface area contributed by atoms with Crippen LogP contribution in [0.2, 0.25) is 0 Å². The summed E-state index contributed by atoms with van der Waals surface area (Å²) in [5.41, 5.74) is 5.63. The van der Waals surface area contributed by atoms with E-state index < -0.39 is 5.91 Å². The molecule has 0 aliphatic heterocycles. The van der Waals surface area contributed by atoms with Gasteiger partial charge in [-0.3, -0.25) is 9.48 Å². The van der Waals surface area contributed by atoms with E-state index in [9.17, 15) is 4.79 Å². The average molecular weight is 177 g/mol. The fourth-order valence-electron chi connectivity index (χ4n) is 1.05. The van der Waals surface area contributed by atoms with E-state index in [0.29, 0.717) is 5.65 Å². The lowest BCUT2D eigenvalue weighted by molar-refractivity contribution is 0.0990. The molecule has 13 heavy (non-hydrogen) atoms. The lowest BCUT2D eigenvalue weighted by Gasteiger charge is -1.94. The van der Waals surface area contributed by atoms with Crippen LogP contribution in [-0.4, -0.2) is 25.7 Å². The van der Waals surface area contributed by atoms with Gasteiger partial charge < -0.3 is 5.73 Å². The topological polar surface area (TPSA) is 86.7 Å². The van der Waals surface area contributed by atoms with Crippen molar-refractivity contribution in [1.82, 2.24) is 19.7 Å². The average Bonchev–Trinajstić information content (AvgIpc) is 2.47. The van der Waals surface area contributed by atoms with Crippen LogP contribution in [0.5, 0.6) is 0 Å². The Hall–Kier alpha value is -1.98. The highest BCUT2D eigenvalue weighted by Crippen LogP contribution is 2.07. The van der Waals surface area contributed by atoms with Gasteiger partial charge in [0.05, 0.1) is 11.6 Å². The van der Waals surface area contributed by atoms with Crippen molar-refractivity contribution in [2.45, 2.75) is 0 Å². The Bertz CT molecular complexity index is 475. The highest BCUT2D eigenvalue weighted by atomic mass is 16.1. The molecule has 2 aromatic heterocycles. The zero-order valence-electron chi connectivity index (χ0n) is 6.93. The number of aryl methyl sites for hydroxylation is 1. The SMILES string of the molecule is Cn1ncc2cnc(C(N)=O)nc21. The summed E-state index contributed by atoms with van der Waals surface area (Å²) < 4.78 is 1.56. The third kappa shape index (κ3) is 1.12. The molecule has 2 rings (SSSR count). The molecule has 0 radical (unpaired) electrons. The number of carbonyl (C=O) groups is 1. The molecule has 66 valence electrons. The van der Waals surface area contributed by atoms with E-state index >= 15 is 0 Å². The molecule has 0 unspecified atom stereocenters. The molecular formula is C7H7N5O. The molecule has 0 saturated heterocycles. The van der Waals surface area contributed by atoms with Gasteiger partial charge in [-0.25, -0.2) is 9.97 Å². The molecule has 0 spiro atoms. The lowest BCUT2D eigenvalue weighted by atomic mass is 10.4. The molecule has 0 bridgehead atoms. The van der Waals surface area contributed by atoms with Gasteiger partial charge in [-0.2, -0.15) is 5.10 Å². The first kappa shape index (κ1) is 7.66. The molecule has 2 heterocycles. The standard InChI is InChI=1S/C7H7N5O/c1-12-7-4(3-10-12)2-9-6(11-7)5(8)13/h2-3H,1H3,(H2,8,13). The van der Waals surface area contributed by atoms with Gasteiger partial charge in [-0.05, 0) is 0 Å². The summed E-state index contributed by atoms with van der Waals surface area (Å²) in [6, 6.07) is 0. The summed E-state index contributed by atoms with van der Waals surface area (Å²) in [6.45, 7) is 0. The van der Waals surface area contributed by atoms with Crippen LogP contribution in [0.3, 0.4) is 0 Å². The van der Waals surface area contributed by atoms with E-state index in [2.05, 4.69) is 15.1 Å². The first-order valence-corrected chi connectivity index (χ1v) is 3.63. The van der Waals surface area contributed by atoms with Crippen molar-refractivity contribution in [3.8, 4) is 0 Å². The second-order valence-corrected chi connectivity index (χ2v) is 2.60. The second kappa shape index (κ2) is 2.51. The number of primary amides is 1. The number of hydrogen-bond donors (Lipinski definition) is 1. The maximum Gasteiger partial charge on any atom is 0.286 e. The normalized spacial score (nSPS) is 10.5. The third-order valence-corrected chi connectivity index (χ3v) is 1.69. The van der Waals surface area contributed by atoms with Crippen LogP contribution in [-0.2, 0) is 7.05 Å². The molecule has 0 aliphatic carbocycles. The molecule has 0 fully saturated rings. The van der Waals surface area contributed by atoms with Gasteiger partial charge in [0, 0.05) is 13.2 Å². The number of rotatable bonds is 1. The van der Waals surface area contributed by atoms with Crippen molar-refractivity contribution in [3.05, 3.63) is 18.2 Å². The monoisotopic (exact) mass is 177 g/mol. The number of amides is 1. The Balaban J connectivity index is 2.72. The van der Waals surface area contributed by atoms with Gasteiger partial charge in [0.2, 0.25) is 5.82 Å². The molecule has 0 atom stereocenters. The van der Waals surface area contributed by atoms with E-state index in [0.717, 1.165) is 5.39 Å². The van der Waals surface area contributed by atoms with E-state index in [1.807, 2.05) is 0 Å². The van der Waals surface area contributed by atoms with E-state index in [1.54, 1.807) is 17.9 Å². The van der Waals surface area contributed by atoms with Crippen LogP contribution in [0.15, 0.2) is 12.4 Å². The largest absolute Gasteiger partial charge is 0.363 e. The summed E-state index contributed by atoms with van der Waals surface area (Å²) in [4.78, 5) is 18.5. The van der Waals surface area contributed by atoms with E-state index in [1.165, 1.54) is 6.20 Å². The minimum absolute atomic E-state index is 0.0103. The van der Waals surface area contributed by atoms with E-state index in [-0.39, 0.29) is 5.82 Å². The Morgan fingerprint density at radius 2 is 2.31 bits per heavy atom. The smallest absolute Gasteiger partial charge is 0.286 e.